The van der Waals surface area contributed by atoms with Crippen molar-refractivity contribution in [2.75, 3.05) is 13.1 Å². The van der Waals surface area contributed by atoms with Gasteiger partial charge in [-0.05, 0) is 83.0 Å². The quantitative estimate of drug-likeness (QED) is 0.660. The zero-order valence-electron chi connectivity index (χ0n) is 17.7. The fourth-order valence-electron chi connectivity index (χ4n) is 5.97. The van der Waals surface area contributed by atoms with Crippen LogP contribution in [-0.4, -0.2) is 43.9 Å². The molecular weight excluding hydrogens is 471 g/mol. The molecule has 30 heavy (non-hydrogen) atoms. The minimum Gasteiger partial charge on any atom is -0.348 e. The number of alkyl halides is 1. The summed E-state index contributed by atoms with van der Waals surface area (Å²) in [6.45, 7) is 6.83. The number of rotatable bonds is 4. The van der Waals surface area contributed by atoms with Crippen molar-refractivity contribution in [3.63, 3.8) is 0 Å². The van der Waals surface area contributed by atoms with Crippen molar-refractivity contribution in [1.29, 1.82) is 0 Å². The summed E-state index contributed by atoms with van der Waals surface area (Å²) < 4.78 is 41.6. The Morgan fingerprint density at radius 1 is 1.27 bits per heavy atom. The number of carbonyl (C=O) groups excluding carboxylic acids is 1. The Balaban J connectivity index is 1.60. The van der Waals surface area contributed by atoms with E-state index in [-0.39, 0.29) is 34.2 Å². The third kappa shape index (κ3) is 3.62. The second kappa shape index (κ2) is 7.55. The van der Waals surface area contributed by atoms with Gasteiger partial charge in [-0.2, -0.15) is 4.31 Å². The van der Waals surface area contributed by atoms with E-state index in [0.717, 1.165) is 12.8 Å². The lowest BCUT2D eigenvalue weighted by Gasteiger charge is -2.43. The molecule has 1 amide bonds. The van der Waals surface area contributed by atoms with Gasteiger partial charge in [0, 0.05) is 29.2 Å². The molecule has 3 fully saturated rings. The molecule has 1 saturated heterocycles. The Morgan fingerprint density at radius 3 is 2.63 bits per heavy atom. The zero-order chi connectivity index (χ0) is 21.9. The van der Waals surface area contributed by atoms with Crippen LogP contribution < -0.4 is 5.32 Å². The van der Waals surface area contributed by atoms with Crippen LogP contribution in [0.1, 0.15) is 63.2 Å². The van der Waals surface area contributed by atoms with Gasteiger partial charge in [-0.15, -0.1) is 0 Å². The number of nitrogens with one attached hydrogen (secondary N) is 1. The smallest absolute Gasteiger partial charge is 0.251 e. The first-order valence-corrected chi connectivity index (χ1v) is 12.9. The van der Waals surface area contributed by atoms with Gasteiger partial charge < -0.3 is 5.32 Å². The van der Waals surface area contributed by atoms with E-state index in [4.69, 9.17) is 0 Å². The summed E-state index contributed by atoms with van der Waals surface area (Å²) in [5.41, 5.74) is 0.405. The van der Waals surface area contributed by atoms with E-state index in [1.54, 1.807) is 12.1 Å². The molecule has 2 bridgehead atoms. The van der Waals surface area contributed by atoms with Crippen molar-refractivity contribution in [3.05, 3.63) is 28.2 Å². The summed E-state index contributed by atoms with van der Waals surface area (Å²) in [5, 5.41) is 3.22. The molecule has 0 aromatic heterocycles. The molecule has 3 aliphatic rings. The molecule has 0 spiro atoms. The minimum atomic E-state index is -3.89. The Morgan fingerprint density at radius 2 is 2.00 bits per heavy atom. The molecule has 2 unspecified atom stereocenters. The van der Waals surface area contributed by atoms with E-state index in [0.29, 0.717) is 35.3 Å². The Labute approximate surface area is 187 Å². The van der Waals surface area contributed by atoms with Crippen molar-refractivity contribution >= 4 is 31.9 Å². The molecule has 2 saturated carbocycles. The van der Waals surface area contributed by atoms with E-state index in [2.05, 4.69) is 42.0 Å². The molecule has 166 valence electrons. The van der Waals surface area contributed by atoms with Gasteiger partial charge in [-0.3, -0.25) is 4.79 Å². The molecule has 1 N–H and O–H groups in total. The van der Waals surface area contributed by atoms with Gasteiger partial charge >= 0.3 is 0 Å². The van der Waals surface area contributed by atoms with Crippen molar-refractivity contribution in [1.82, 2.24) is 9.62 Å². The monoisotopic (exact) mass is 500 g/mol. The lowest BCUT2D eigenvalue weighted by molar-refractivity contribution is 0.0737. The van der Waals surface area contributed by atoms with Gasteiger partial charge in [0.25, 0.3) is 5.91 Å². The summed E-state index contributed by atoms with van der Waals surface area (Å²) in [7, 11) is -3.89. The standard InChI is InChI=1S/C22H30BrFN2O3S/c1-21(2)15-8-9-22(3,12-15)20(21)25-19(27)14-6-7-17(23)18(11-14)30(28,29)26-10-4-5-16(24)13-26/h6-7,11,15-16,20H,4-5,8-10,12-13H2,1-3H3,(H,25,27)/t15-,16?,20?,22-/m1/s1. The van der Waals surface area contributed by atoms with Gasteiger partial charge in [0.15, 0.2) is 0 Å². The third-order valence-corrected chi connectivity index (χ3v) is 10.5. The van der Waals surface area contributed by atoms with Gasteiger partial charge in [-0.1, -0.05) is 20.8 Å². The highest BCUT2D eigenvalue weighted by Gasteiger charge is 2.59. The summed E-state index contributed by atoms with van der Waals surface area (Å²) in [5.74, 6) is 0.342. The molecular formula is C22H30BrFN2O3S. The van der Waals surface area contributed by atoms with E-state index >= 15 is 0 Å². The Bertz CT molecular complexity index is 962. The van der Waals surface area contributed by atoms with Crippen LogP contribution in [0, 0.1) is 16.7 Å². The molecule has 1 aliphatic heterocycles. The third-order valence-electron chi connectivity index (χ3n) is 7.68. The minimum absolute atomic E-state index is 0.0108. The predicted octanol–water partition coefficient (Wildman–Crippen LogP) is 4.52. The van der Waals surface area contributed by atoms with Crippen LogP contribution in [0.25, 0.3) is 0 Å². The number of fused-ring (bicyclic) bond motifs is 2. The normalized spacial score (nSPS) is 33.6. The van der Waals surface area contributed by atoms with Crippen molar-refractivity contribution in [2.24, 2.45) is 16.7 Å². The number of nitrogens with zero attached hydrogens (tertiary/aromatic N) is 1. The number of hydrogen-bond acceptors (Lipinski definition) is 3. The summed E-state index contributed by atoms with van der Waals surface area (Å²) in [6.07, 6.45) is 3.14. The fourth-order valence-corrected chi connectivity index (χ4v) is 8.43. The Kier molecular flexibility index (Phi) is 5.59. The molecule has 1 aromatic carbocycles. The largest absolute Gasteiger partial charge is 0.348 e. The summed E-state index contributed by atoms with van der Waals surface area (Å²) in [6, 6.07) is 4.69. The molecule has 4 rings (SSSR count). The molecule has 2 aliphatic carbocycles. The lowest BCUT2D eigenvalue weighted by Crippen LogP contribution is -2.52. The first-order valence-electron chi connectivity index (χ1n) is 10.7. The van der Waals surface area contributed by atoms with Crippen LogP contribution in [0.4, 0.5) is 4.39 Å². The summed E-state index contributed by atoms with van der Waals surface area (Å²) in [4.78, 5) is 13.1. The second-order valence-electron chi connectivity index (χ2n) is 10.1. The van der Waals surface area contributed by atoms with E-state index < -0.39 is 16.2 Å². The zero-order valence-corrected chi connectivity index (χ0v) is 20.2. The number of benzene rings is 1. The first-order chi connectivity index (χ1) is 13.9. The van der Waals surface area contributed by atoms with Gasteiger partial charge in [0.1, 0.15) is 6.17 Å². The van der Waals surface area contributed by atoms with Crippen LogP contribution in [-0.2, 0) is 10.0 Å². The number of halogens is 2. The molecule has 1 aromatic rings. The van der Waals surface area contributed by atoms with Crippen LogP contribution in [0.5, 0.6) is 0 Å². The first kappa shape index (κ1) is 22.2. The maximum atomic E-state index is 13.8. The van der Waals surface area contributed by atoms with Crippen molar-refractivity contribution in [3.8, 4) is 0 Å². The van der Waals surface area contributed by atoms with Gasteiger partial charge in [0.2, 0.25) is 10.0 Å². The summed E-state index contributed by atoms with van der Waals surface area (Å²) >= 11 is 3.31. The average Bonchev–Trinajstić information content (AvgIpc) is 3.16. The van der Waals surface area contributed by atoms with Crippen LogP contribution >= 0.6 is 15.9 Å². The van der Waals surface area contributed by atoms with Crippen molar-refractivity contribution in [2.45, 2.75) is 70.0 Å². The second-order valence-corrected chi connectivity index (χ2v) is 12.8. The molecule has 0 radical (unpaired) electrons. The number of piperidine rings is 1. The molecule has 5 nitrogen and oxygen atoms in total. The molecule has 8 heteroatoms. The Hall–Kier alpha value is -0.990. The highest BCUT2D eigenvalue weighted by atomic mass is 79.9. The number of sulfonamides is 1. The topological polar surface area (TPSA) is 66.5 Å². The number of carbonyl (C=O) groups is 1. The predicted molar refractivity (Wildman–Crippen MR) is 118 cm³/mol. The maximum Gasteiger partial charge on any atom is 0.251 e. The number of hydrogen-bond donors (Lipinski definition) is 1. The van der Waals surface area contributed by atoms with Gasteiger partial charge in [-0.25, -0.2) is 12.8 Å². The average molecular weight is 501 g/mol. The van der Waals surface area contributed by atoms with Crippen molar-refractivity contribution < 1.29 is 17.6 Å². The van der Waals surface area contributed by atoms with Crippen LogP contribution in [0.15, 0.2) is 27.6 Å². The molecule has 1 heterocycles. The van der Waals surface area contributed by atoms with E-state index in [1.165, 1.54) is 16.8 Å². The highest BCUT2D eigenvalue weighted by molar-refractivity contribution is 9.10. The van der Waals surface area contributed by atoms with E-state index in [9.17, 15) is 17.6 Å². The fraction of sp³-hybridized carbons (Fsp3) is 0.682. The highest BCUT2D eigenvalue weighted by Crippen LogP contribution is 2.62. The van der Waals surface area contributed by atoms with E-state index in [1.807, 2.05) is 0 Å². The van der Waals surface area contributed by atoms with Crippen LogP contribution in [0.3, 0.4) is 0 Å². The SMILES string of the molecule is CC1(C)C(NC(=O)c2ccc(Br)c(S(=O)(=O)N3CCCC(F)C3)c2)[C@]2(C)CC[C@@H]1C2. The molecule has 4 atom stereocenters. The maximum absolute atomic E-state index is 13.8. The number of amides is 1. The lowest BCUT2D eigenvalue weighted by atomic mass is 9.68. The van der Waals surface area contributed by atoms with Crippen LogP contribution in [0.2, 0.25) is 0 Å². The van der Waals surface area contributed by atoms with Gasteiger partial charge in [0.05, 0.1) is 4.90 Å².